The predicted octanol–water partition coefficient (Wildman–Crippen LogP) is 4.62. The van der Waals surface area contributed by atoms with Crippen molar-refractivity contribution in [3.8, 4) is 5.75 Å². The standard InChI is InChI=1S/C24H26N2O4/c1-4-21(30-22-12-11-16(2)14-17(22)3)24(28)26-20-10-6-5-9-19(20)23(27)25-15-18-8-7-13-29-18/h5-14,21H,4,15H2,1-3H3,(H,25,27)(H,26,28). The van der Waals surface area contributed by atoms with Crippen LogP contribution in [0, 0.1) is 13.8 Å². The van der Waals surface area contributed by atoms with Crippen molar-refractivity contribution in [2.24, 2.45) is 0 Å². The van der Waals surface area contributed by atoms with Gasteiger partial charge in [-0.25, -0.2) is 0 Å². The van der Waals surface area contributed by atoms with Crippen molar-refractivity contribution in [2.45, 2.75) is 39.8 Å². The van der Waals surface area contributed by atoms with Crippen LogP contribution in [0.4, 0.5) is 5.69 Å². The number of furan rings is 1. The summed E-state index contributed by atoms with van der Waals surface area (Å²) < 4.78 is 11.2. The molecule has 0 spiro atoms. The third kappa shape index (κ3) is 5.29. The summed E-state index contributed by atoms with van der Waals surface area (Å²) in [5.41, 5.74) is 2.91. The minimum absolute atomic E-state index is 0.265. The molecule has 1 heterocycles. The minimum Gasteiger partial charge on any atom is -0.480 e. The van der Waals surface area contributed by atoms with Gasteiger partial charge < -0.3 is 19.8 Å². The van der Waals surface area contributed by atoms with Crippen LogP contribution in [0.3, 0.4) is 0 Å². The Morgan fingerprint density at radius 1 is 1.07 bits per heavy atom. The molecule has 0 bridgehead atoms. The molecule has 1 unspecified atom stereocenters. The Labute approximate surface area is 176 Å². The third-order valence-corrected chi connectivity index (χ3v) is 4.70. The summed E-state index contributed by atoms with van der Waals surface area (Å²) in [6.07, 6.45) is 1.37. The maximum atomic E-state index is 12.9. The van der Waals surface area contributed by atoms with Crippen LogP contribution in [0.2, 0.25) is 0 Å². The van der Waals surface area contributed by atoms with E-state index in [1.54, 1.807) is 42.7 Å². The van der Waals surface area contributed by atoms with E-state index in [1.807, 2.05) is 39.0 Å². The van der Waals surface area contributed by atoms with Gasteiger partial charge in [-0.05, 0) is 56.2 Å². The Morgan fingerprint density at radius 2 is 1.87 bits per heavy atom. The summed E-state index contributed by atoms with van der Waals surface area (Å²) in [7, 11) is 0. The second-order valence-corrected chi connectivity index (χ2v) is 7.08. The highest BCUT2D eigenvalue weighted by Crippen LogP contribution is 2.22. The van der Waals surface area contributed by atoms with E-state index in [0.717, 1.165) is 11.1 Å². The van der Waals surface area contributed by atoms with Crippen LogP contribution in [0.25, 0.3) is 0 Å². The Balaban J connectivity index is 1.69. The highest BCUT2D eigenvalue weighted by Gasteiger charge is 2.21. The molecule has 0 saturated carbocycles. The Bertz CT molecular complexity index is 1010. The molecule has 3 rings (SSSR count). The number of carbonyl (C=O) groups is 2. The maximum absolute atomic E-state index is 12.9. The van der Waals surface area contributed by atoms with E-state index in [1.165, 1.54) is 0 Å². The molecule has 0 aliphatic heterocycles. The van der Waals surface area contributed by atoms with Gasteiger partial charge in [-0.2, -0.15) is 0 Å². The first-order chi connectivity index (χ1) is 14.5. The lowest BCUT2D eigenvalue weighted by Gasteiger charge is -2.19. The van der Waals surface area contributed by atoms with E-state index in [4.69, 9.17) is 9.15 Å². The van der Waals surface area contributed by atoms with E-state index in [-0.39, 0.29) is 18.4 Å². The number of ether oxygens (including phenoxy) is 1. The summed E-state index contributed by atoms with van der Waals surface area (Å²) in [6.45, 7) is 6.11. The van der Waals surface area contributed by atoms with Crippen LogP contribution < -0.4 is 15.4 Å². The molecule has 1 aromatic heterocycles. The number of amides is 2. The van der Waals surface area contributed by atoms with Gasteiger partial charge in [0.15, 0.2) is 6.10 Å². The molecule has 1 atom stereocenters. The number of para-hydroxylation sites is 1. The Kier molecular flexibility index (Phi) is 6.91. The Hall–Kier alpha value is -3.54. The molecule has 0 radical (unpaired) electrons. The van der Waals surface area contributed by atoms with Crippen LogP contribution in [0.1, 0.15) is 40.6 Å². The summed E-state index contributed by atoms with van der Waals surface area (Å²) in [5.74, 6) is 0.722. The predicted molar refractivity (Wildman–Crippen MR) is 116 cm³/mol. The van der Waals surface area contributed by atoms with E-state index >= 15 is 0 Å². The van der Waals surface area contributed by atoms with E-state index in [9.17, 15) is 9.59 Å². The van der Waals surface area contributed by atoms with Gasteiger partial charge in [0.05, 0.1) is 24.1 Å². The van der Waals surface area contributed by atoms with Crippen molar-refractivity contribution in [1.29, 1.82) is 0 Å². The first kappa shape index (κ1) is 21.2. The average molecular weight is 406 g/mol. The number of hydrogen-bond donors (Lipinski definition) is 2. The molecule has 0 aliphatic carbocycles. The number of nitrogens with one attached hydrogen (secondary N) is 2. The van der Waals surface area contributed by atoms with E-state index in [0.29, 0.717) is 29.2 Å². The number of aryl methyl sites for hydroxylation is 2. The topological polar surface area (TPSA) is 80.6 Å². The van der Waals surface area contributed by atoms with Gasteiger partial charge in [0.2, 0.25) is 0 Å². The highest BCUT2D eigenvalue weighted by atomic mass is 16.5. The quantitative estimate of drug-likeness (QED) is 0.572. The van der Waals surface area contributed by atoms with Crippen LogP contribution in [0.5, 0.6) is 5.75 Å². The van der Waals surface area contributed by atoms with Gasteiger partial charge in [-0.15, -0.1) is 0 Å². The summed E-state index contributed by atoms with van der Waals surface area (Å²) in [4.78, 5) is 25.5. The van der Waals surface area contributed by atoms with Gasteiger partial charge in [0.1, 0.15) is 11.5 Å². The maximum Gasteiger partial charge on any atom is 0.265 e. The lowest BCUT2D eigenvalue weighted by molar-refractivity contribution is -0.122. The second kappa shape index (κ2) is 9.78. The summed E-state index contributed by atoms with van der Waals surface area (Å²) in [6, 6.07) is 16.3. The largest absolute Gasteiger partial charge is 0.480 e. The summed E-state index contributed by atoms with van der Waals surface area (Å²) in [5, 5.41) is 5.63. The number of anilines is 1. The van der Waals surface area contributed by atoms with Crippen molar-refractivity contribution >= 4 is 17.5 Å². The molecule has 2 amide bonds. The van der Waals surface area contributed by atoms with Crippen LogP contribution in [-0.2, 0) is 11.3 Å². The second-order valence-electron chi connectivity index (χ2n) is 7.08. The molecular weight excluding hydrogens is 380 g/mol. The minimum atomic E-state index is -0.675. The Morgan fingerprint density at radius 3 is 2.57 bits per heavy atom. The molecule has 30 heavy (non-hydrogen) atoms. The highest BCUT2D eigenvalue weighted by molar-refractivity contribution is 6.04. The summed E-state index contributed by atoms with van der Waals surface area (Å²) >= 11 is 0. The van der Waals surface area contributed by atoms with Crippen LogP contribution in [0.15, 0.2) is 65.3 Å². The normalized spacial score (nSPS) is 11.6. The van der Waals surface area contributed by atoms with Crippen molar-refractivity contribution < 1.29 is 18.7 Å². The molecule has 2 N–H and O–H groups in total. The molecule has 156 valence electrons. The lowest BCUT2D eigenvalue weighted by Crippen LogP contribution is -2.33. The fraction of sp³-hybridized carbons (Fsp3) is 0.250. The van der Waals surface area contributed by atoms with Crippen molar-refractivity contribution in [1.82, 2.24) is 5.32 Å². The first-order valence-electron chi connectivity index (χ1n) is 9.92. The molecule has 0 fully saturated rings. The van der Waals surface area contributed by atoms with Crippen LogP contribution in [-0.4, -0.2) is 17.9 Å². The van der Waals surface area contributed by atoms with Crippen molar-refractivity contribution in [2.75, 3.05) is 5.32 Å². The van der Waals surface area contributed by atoms with Gasteiger partial charge in [0, 0.05) is 0 Å². The zero-order valence-corrected chi connectivity index (χ0v) is 17.4. The van der Waals surface area contributed by atoms with Gasteiger partial charge in [0.25, 0.3) is 11.8 Å². The molecule has 0 saturated heterocycles. The fourth-order valence-electron chi connectivity index (χ4n) is 3.09. The number of carbonyl (C=O) groups excluding carboxylic acids is 2. The third-order valence-electron chi connectivity index (χ3n) is 4.70. The molecule has 0 aliphatic rings. The van der Waals surface area contributed by atoms with Crippen molar-refractivity contribution in [3.63, 3.8) is 0 Å². The molecule has 3 aromatic rings. The number of hydrogen-bond acceptors (Lipinski definition) is 4. The van der Waals surface area contributed by atoms with E-state index < -0.39 is 6.10 Å². The zero-order valence-electron chi connectivity index (χ0n) is 17.4. The smallest absolute Gasteiger partial charge is 0.265 e. The molecule has 2 aromatic carbocycles. The fourth-order valence-corrected chi connectivity index (χ4v) is 3.09. The van der Waals surface area contributed by atoms with Gasteiger partial charge in [-0.1, -0.05) is 36.8 Å². The number of benzene rings is 2. The number of rotatable bonds is 8. The zero-order chi connectivity index (χ0) is 21.5. The molecule has 6 heteroatoms. The monoisotopic (exact) mass is 406 g/mol. The van der Waals surface area contributed by atoms with E-state index in [2.05, 4.69) is 10.6 Å². The lowest BCUT2D eigenvalue weighted by atomic mass is 10.1. The van der Waals surface area contributed by atoms with Crippen molar-refractivity contribution in [3.05, 3.63) is 83.3 Å². The molecule has 6 nitrogen and oxygen atoms in total. The van der Waals surface area contributed by atoms with Gasteiger partial charge in [-0.3, -0.25) is 9.59 Å². The average Bonchev–Trinajstić information content (AvgIpc) is 3.25. The van der Waals surface area contributed by atoms with Crippen LogP contribution >= 0.6 is 0 Å². The van der Waals surface area contributed by atoms with Gasteiger partial charge >= 0.3 is 0 Å². The SMILES string of the molecule is CCC(Oc1ccc(C)cc1C)C(=O)Nc1ccccc1C(=O)NCc1ccco1. The first-order valence-corrected chi connectivity index (χ1v) is 9.92. The molecular formula is C24H26N2O4.